The van der Waals surface area contributed by atoms with E-state index >= 15 is 0 Å². The summed E-state index contributed by atoms with van der Waals surface area (Å²) >= 11 is 0. The average molecular weight is 214 g/mol. The van der Waals surface area contributed by atoms with Crippen molar-refractivity contribution < 1.29 is 4.92 Å². The van der Waals surface area contributed by atoms with Crippen molar-refractivity contribution in [2.24, 2.45) is 0 Å². The number of nitro groups is 1. The van der Waals surface area contributed by atoms with Crippen LogP contribution >= 0.6 is 0 Å². The van der Waals surface area contributed by atoms with Gasteiger partial charge in [-0.15, -0.1) is 0 Å². The first-order chi connectivity index (χ1) is 7.72. The molecule has 6 heteroatoms. The molecule has 0 amide bonds. The molecule has 1 N–H and O–H groups in total. The quantitative estimate of drug-likeness (QED) is 0.609. The van der Waals surface area contributed by atoms with E-state index in [0.29, 0.717) is 16.8 Å². The predicted octanol–water partition coefficient (Wildman–Crippen LogP) is 1.86. The number of H-pyrrole nitrogens is 1. The molecule has 0 saturated heterocycles. The van der Waals surface area contributed by atoms with E-state index < -0.39 is 4.92 Å². The Morgan fingerprint density at radius 3 is 2.62 bits per heavy atom. The van der Waals surface area contributed by atoms with Crippen LogP contribution < -0.4 is 0 Å². The summed E-state index contributed by atoms with van der Waals surface area (Å²) in [5.41, 5.74) is 1.59. The average Bonchev–Trinajstić information content (AvgIpc) is 2.77. The van der Waals surface area contributed by atoms with Gasteiger partial charge < -0.3 is 0 Å². The minimum Gasteiger partial charge on any atom is -0.284 e. The number of nitriles is 1. The summed E-state index contributed by atoms with van der Waals surface area (Å²) < 4.78 is 0. The van der Waals surface area contributed by atoms with Crippen molar-refractivity contribution in [3.05, 3.63) is 46.1 Å². The molecule has 0 fully saturated rings. The van der Waals surface area contributed by atoms with E-state index in [1.54, 1.807) is 12.1 Å². The van der Waals surface area contributed by atoms with Crippen LogP contribution in [0.2, 0.25) is 0 Å². The van der Waals surface area contributed by atoms with Gasteiger partial charge in [-0.2, -0.15) is 10.4 Å². The number of non-ortho nitro benzene ring substituents is 1. The molecule has 0 atom stereocenters. The van der Waals surface area contributed by atoms with Crippen molar-refractivity contribution in [3.8, 4) is 17.3 Å². The molecule has 0 aliphatic rings. The van der Waals surface area contributed by atoms with Crippen molar-refractivity contribution in [1.29, 1.82) is 5.26 Å². The van der Waals surface area contributed by atoms with Gasteiger partial charge in [0, 0.05) is 23.9 Å². The highest BCUT2D eigenvalue weighted by molar-refractivity contribution is 5.66. The highest BCUT2D eigenvalue weighted by Crippen LogP contribution is 2.22. The van der Waals surface area contributed by atoms with Crippen LogP contribution in [0.25, 0.3) is 11.3 Å². The Labute approximate surface area is 90.3 Å². The third-order valence-electron chi connectivity index (χ3n) is 2.11. The van der Waals surface area contributed by atoms with Gasteiger partial charge in [0.05, 0.1) is 10.5 Å². The summed E-state index contributed by atoms with van der Waals surface area (Å²) in [6, 6.07) is 7.87. The third kappa shape index (κ3) is 1.62. The zero-order chi connectivity index (χ0) is 11.5. The third-order valence-corrected chi connectivity index (χ3v) is 2.11. The first-order valence-electron chi connectivity index (χ1n) is 4.41. The van der Waals surface area contributed by atoms with E-state index in [0.717, 1.165) is 0 Å². The van der Waals surface area contributed by atoms with Crippen LogP contribution in [0.4, 0.5) is 5.69 Å². The van der Waals surface area contributed by atoms with Crippen molar-refractivity contribution >= 4 is 5.69 Å². The number of nitrogens with zero attached hydrogens (tertiary/aromatic N) is 3. The van der Waals surface area contributed by atoms with Crippen LogP contribution in [0.5, 0.6) is 0 Å². The maximum atomic E-state index is 10.5. The Kier molecular flexibility index (Phi) is 2.36. The summed E-state index contributed by atoms with van der Waals surface area (Å²) in [4.78, 5) is 9.98. The lowest BCUT2D eigenvalue weighted by Crippen LogP contribution is -1.88. The van der Waals surface area contributed by atoms with Crippen molar-refractivity contribution in [2.75, 3.05) is 0 Å². The summed E-state index contributed by atoms with van der Waals surface area (Å²) in [5, 5.41) is 25.7. The SMILES string of the molecule is N#Cc1c[nH]nc1-c1ccc([N+](=O)[O-])cc1. The number of nitrogens with one attached hydrogen (secondary N) is 1. The number of benzene rings is 1. The van der Waals surface area contributed by atoms with Gasteiger partial charge in [0.1, 0.15) is 11.8 Å². The van der Waals surface area contributed by atoms with Gasteiger partial charge >= 0.3 is 0 Å². The van der Waals surface area contributed by atoms with Gasteiger partial charge in [-0.3, -0.25) is 15.2 Å². The Bertz CT molecular complexity index is 565. The summed E-state index contributed by atoms with van der Waals surface area (Å²) in [7, 11) is 0. The second-order valence-corrected chi connectivity index (χ2v) is 3.06. The maximum absolute atomic E-state index is 10.5. The van der Waals surface area contributed by atoms with Gasteiger partial charge in [0.25, 0.3) is 5.69 Å². The topological polar surface area (TPSA) is 95.6 Å². The number of aromatic nitrogens is 2. The first-order valence-corrected chi connectivity index (χ1v) is 4.41. The minimum absolute atomic E-state index is 0.0118. The van der Waals surface area contributed by atoms with Crippen molar-refractivity contribution in [3.63, 3.8) is 0 Å². The van der Waals surface area contributed by atoms with Gasteiger partial charge in [0.15, 0.2) is 0 Å². The van der Waals surface area contributed by atoms with Gasteiger partial charge in [-0.05, 0) is 12.1 Å². The van der Waals surface area contributed by atoms with Gasteiger partial charge in [0.2, 0.25) is 0 Å². The molecule has 6 nitrogen and oxygen atoms in total. The van der Waals surface area contributed by atoms with Gasteiger partial charge in [-0.25, -0.2) is 0 Å². The van der Waals surface area contributed by atoms with E-state index in [9.17, 15) is 10.1 Å². The van der Waals surface area contributed by atoms with E-state index in [4.69, 9.17) is 5.26 Å². The molecule has 0 bridgehead atoms. The Balaban J connectivity index is 2.43. The number of aromatic amines is 1. The summed E-state index contributed by atoms with van der Waals surface area (Å²) in [6.45, 7) is 0. The van der Waals surface area contributed by atoms with Crippen LogP contribution in [0.1, 0.15) is 5.56 Å². The molecule has 0 spiro atoms. The number of rotatable bonds is 2. The molecule has 1 aromatic heterocycles. The van der Waals surface area contributed by atoms with Crippen LogP contribution in [-0.2, 0) is 0 Å². The Morgan fingerprint density at radius 2 is 2.06 bits per heavy atom. The predicted molar refractivity (Wildman–Crippen MR) is 55.4 cm³/mol. The molecule has 1 aromatic carbocycles. The lowest BCUT2D eigenvalue weighted by atomic mass is 10.1. The molecular formula is C10H6N4O2. The fourth-order valence-electron chi connectivity index (χ4n) is 1.34. The second-order valence-electron chi connectivity index (χ2n) is 3.06. The Hall–Kier alpha value is -2.68. The first kappa shape index (κ1) is 9.86. The second kappa shape index (κ2) is 3.82. The van der Waals surface area contributed by atoms with E-state index in [1.165, 1.54) is 18.3 Å². The molecular weight excluding hydrogens is 208 g/mol. The van der Waals surface area contributed by atoms with E-state index in [2.05, 4.69) is 10.2 Å². The molecule has 1 heterocycles. The molecule has 0 radical (unpaired) electrons. The minimum atomic E-state index is -0.473. The smallest absolute Gasteiger partial charge is 0.269 e. The van der Waals surface area contributed by atoms with Crippen LogP contribution in [0.15, 0.2) is 30.5 Å². The fraction of sp³-hybridized carbons (Fsp3) is 0. The van der Waals surface area contributed by atoms with Crippen LogP contribution in [-0.4, -0.2) is 15.1 Å². The van der Waals surface area contributed by atoms with E-state index in [-0.39, 0.29) is 5.69 Å². The summed E-state index contributed by atoms with van der Waals surface area (Å²) in [5.74, 6) is 0. The van der Waals surface area contributed by atoms with Crippen molar-refractivity contribution in [1.82, 2.24) is 10.2 Å². The normalized spacial score (nSPS) is 9.69. The molecule has 78 valence electrons. The zero-order valence-electron chi connectivity index (χ0n) is 8.04. The Morgan fingerprint density at radius 1 is 1.38 bits per heavy atom. The number of nitro benzene ring substituents is 1. The van der Waals surface area contributed by atoms with Gasteiger partial charge in [-0.1, -0.05) is 0 Å². The van der Waals surface area contributed by atoms with E-state index in [1.807, 2.05) is 6.07 Å². The largest absolute Gasteiger partial charge is 0.284 e. The maximum Gasteiger partial charge on any atom is 0.269 e. The zero-order valence-corrected chi connectivity index (χ0v) is 8.04. The highest BCUT2D eigenvalue weighted by atomic mass is 16.6. The molecule has 16 heavy (non-hydrogen) atoms. The number of hydrogen-bond acceptors (Lipinski definition) is 4. The highest BCUT2D eigenvalue weighted by Gasteiger charge is 2.10. The number of hydrogen-bond donors (Lipinski definition) is 1. The molecule has 0 aliphatic heterocycles. The van der Waals surface area contributed by atoms with Crippen LogP contribution in [0, 0.1) is 21.4 Å². The fourth-order valence-corrected chi connectivity index (χ4v) is 1.34. The molecule has 0 aliphatic carbocycles. The monoisotopic (exact) mass is 214 g/mol. The lowest BCUT2D eigenvalue weighted by molar-refractivity contribution is -0.384. The molecule has 0 saturated carbocycles. The summed E-state index contributed by atoms with van der Waals surface area (Å²) in [6.07, 6.45) is 1.48. The standard InChI is InChI=1S/C10H6N4O2/c11-5-8-6-12-13-10(8)7-1-3-9(4-2-7)14(15)16/h1-4,6H,(H,12,13). The molecule has 0 unspecified atom stereocenters. The van der Waals surface area contributed by atoms with Crippen LogP contribution in [0.3, 0.4) is 0 Å². The lowest BCUT2D eigenvalue weighted by Gasteiger charge is -1.96. The molecule has 2 aromatic rings. The van der Waals surface area contributed by atoms with Crippen molar-refractivity contribution in [2.45, 2.75) is 0 Å². The molecule has 2 rings (SSSR count).